The normalized spacial score (nSPS) is 19.2. The molecule has 10 heteroatoms. The van der Waals surface area contributed by atoms with Gasteiger partial charge in [-0.05, 0) is 51.2 Å². The summed E-state index contributed by atoms with van der Waals surface area (Å²) in [6.45, 7) is 5.77. The van der Waals surface area contributed by atoms with Crippen molar-refractivity contribution in [3.8, 4) is 0 Å². The number of nitrogens with one attached hydrogen (secondary N) is 3. The van der Waals surface area contributed by atoms with Crippen molar-refractivity contribution in [3.05, 3.63) is 41.1 Å². The molecule has 180 valence electrons. The summed E-state index contributed by atoms with van der Waals surface area (Å²) in [5.74, 6) is 0.179. The van der Waals surface area contributed by atoms with Gasteiger partial charge in [-0.15, -0.1) is 0 Å². The Kier molecular flexibility index (Phi) is 7.78. The number of sulfone groups is 1. The molecule has 1 heterocycles. The third-order valence-electron chi connectivity index (χ3n) is 5.91. The minimum absolute atomic E-state index is 0.0711. The third-order valence-corrected chi connectivity index (χ3v) is 7.10. The number of rotatable bonds is 8. The van der Waals surface area contributed by atoms with Gasteiger partial charge >= 0.3 is 6.09 Å². The lowest BCUT2D eigenvalue weighted by atomic mass is 10.0. The molecule has 1 fully saturated rings. The Morgan fingerprint density at radius 3 is 2.73 bits per heavy atom. The molecule has 1 aliphatic carbocycles. The number of carbonyl (C=O) groups is 2. The van der Waals surface area contributed by atoms with Crippen molar-refractivity contribution >= 4 is 27.7 Å². The molecular formula is C23H32N4O5S. The number of aromatic amines is 1. The van der Waals surface area contributed by atoms with Crippen molar-refractivity contribution in [1.82, 2.24) is 15.5 Å². The fourth-order valence-corrected chi connectivity index (χ4v) is 4.92. The number of H-pyrrole nitrogens is 1. The highest BCUT2D eigenvalue weighted by atomic mass is 32.2. The number of anilines is 1. The molecule has 3 atom stereocenters. The monoisotopic (exact) mass is 476 g/mol. The molecule has 0 unspecified atom stereocenters. The third kappa shape index (κ3) is 6.80. The Morgan fingerprint density at radius 2 is 2.03 bits per heavy atom. The molecule has 2 aromatic rings. The molecule has 1 aliphatic rings. The summed E-state index contributed by atoms with van der Waals surface area (Å²) in [6.07, 6.45) is 3.64. The lowest BCUT2D eigenvalue weighted by Crippen LogP contribution is -2.34. The van der Waals surface area contributed by atoms with Gasteiger partial charge < -0.3 is 15.4 Å². The predicted octanol–water partition coefficient (Wildman–Crippen LogP) is 3.46. The van der Waals surface area contributed by atoms with E-state index in [0.717, 1.165) is 36.8 Å². The first kappa shape index (κ1) is 24.8. The van der Waals surface area contributed by atoms with Crippen molar-refractivity contribution in [1.29, 1.82) is 0 Å². The Labute approximate surface area is 194 Å². The number of nitrogens with zero attached hydrogens (tertiary/aromatic N) is 1. The molecule has 0 bridgehead atoms. The maximum Gasteiger partial charge on any atom is 0.407 e. The Bertz CT molecular complexity index is 1110. The van der Waals surface area contributed by atoms with Crippen molar-refractivity contribution < 1.29 is 22.7 Å². The zero-order valence-electron chi connectivity index (χ0n) is 19.5. The Morgan fingerprint density at radius 1 is 1.27 bits per heavy atom. The number of aryl methyl sites for hydroxylation is 1. The fraction of sp³-hybridized carbons (Fsp3) is 0.522. The molecule has 9 nitrogen and oxygen atoms in total. The van der Waals surface area contributed by atoms with Crippen molar-refractivity contribution in [3.63, 3.8) is 0 Å². The highest BCUT2D eigenvalue weighted by molar-refractivity contribution is 7.90. The maximum atomic E-state index is 12.6. The van der Waals surface area contributed by atoms with Crippen LogP contribution in [0.25, 0.3) is 0 Å². The zero-order chi connectivity index (χ0) is 24.2. The average molecular weight is 477 g/mol. The summed E-state index contributed by atoms with van der Waals surface area (Å²) in [5.41, 5.74) is 2.20. The molecule has 1 aromatic carbocycles. The van der Waals surface area contributed by atoms with Gasteiger partial charge in [0.1, 0.15) is 6.10 Å². The highest BCUT2D eigenvalue weighted by Crippen LogP contribution is 2.35. The number of benzene rings is 1. The smallest absolute Gasteiger partial charge is 0.407 e. The van der Waals surface area contributed by atoms with Gasteiger partial charge in [0.15, 0.2) is 15.7 Å². The van der Waals surface area contributed by atoms with E-state index in [4.69, 9.17) is 4.74 Å². The van der Waals surface area contributed by atoms with Gasteiger partial charge in [-0.3, -0.25) is 9.89 Å². The minimum atomic E-state index is -3.44. The topological polar surface area (TPSA) is 130 Å². The van der Waals surface area contributed by atoms with Gasteiger partial charge in [0.2, 0.25) is 5.91 Å². The second-order valence-electron chi connectivity index (χ2n) is 8.81. The standard InChI is InChI=1S/C23H32N4O5S/c1-5-15(3)24-23(29)32-18-8-7-16(11-18)19-13-21(27-26-19)25-22(28)12-17-10-14(2)6-9-20(17)33(4,30)31/h6,9-10,13,15-16,18H,5,7-8,11-12H2,1-4H3,(H,24,29)(H2,25,26,27,28)/t15-,16-,18+/m0/s1. The number of aromatic nitrogens is 2. The number of alkyl carbamates (subject to hydrolysis) is 1. The molecule has 1 saturated carbocycles. The second-order valence-corrected chi connectivity index (χ2v) is 10.8. The maximum absolute atomic E-state index is 12.6. The van der Waals surface area contributed by atoms with Crippen molar-refractivity contribution in [2.75, 3.05) is 11.6 Å². The summed E-state index contributed by atoms with van der Waals surface area (Å²) < 4.78 is 29.6. The van der Waals surface area contributed by atoms with Gasteiger partial charge in [-0.2, -0.15) is 5.10 Å². The van der Waals surface area contributed by atoms with Crippen LogP contribution in [0.1, 0.15) is 62.3 Å². The molecule has 2 amide bonds. The van der Waals surface area contributed by atoms with Gasteiger partial charge in [0, 0.05) is 30.0 Å². The van der Waals surface area contributed by atoms with Crippen LogP contribution in [-0.4, -0.2) is 49.0 Å². The first-order valence-corrected chi connectivity index (χ1v) is 13.1. The Hall–Kier alpha value is -2.88. The van der Waals surface area contributed by atoms with E-state index in [1.54, 1.807) is 18.2 Å². The number of carbonyl (C=O) groups excluding carboxylic acids is 2. The van der Waals surface area contributed by atoms with E-state index in [1.807, 2.05) is 20.8 Å². The molecule has 33 heavy (non-hydrogen) atoms. The van der Waals surface area contributed by atoms with Gasteiger partial charge in [0.25, 0.3) is 0 Å². The summed E-state index contributed by atoms with van der Waals surface area (Å²) in [5, 5.41) is 12.7. The number of amides is 2. The SMILES string of the molecule is CC[C@H](C)NC(=O)O[C@@H]1CC[C@H](c2cc(NC(=O)Cc3cc(C)ccc3S(C)(=O)=O)n[nH]2)C1. The first-order chi connectivity index (χ1) is 15.5. The number of hydrogen-bond donors (Lipinski definition) is 3. The van der Waals surface area contributed by atoms with E-state index in [9.17, 15) is 18.0 Å². The minimum Gasteiger partial charge on any atom is -0.446 e. The van der Waals surface area contributed by atoms with Crippen molar-refractivity contribution in [2.45, 2.75) is 75.8 Å². The highest BCUT2D eigenvalue weighted by Gasteiger charge is 2.30. The largest absolute Gasteiger partial charge is 0.446 e. The summed E-state index contributed by atoms with van der Waals surface area (Å²) >= 11 is 0. The number of ether oxygens (including phenoxy) is 1. The van der Waals surface area contributed by atoms with Crippen LogP contribution in [0.3, 0.4) is 0 Å². The lowest BCUT2D eigenvalue weighted by molar-refractivity contribution is -0.115. The Balaban J connectivity index is 1.57. The first-order valence-electron chi connectivity index (χ1n) is 11.2. The van der Waals surface area contributed by atoms with E-state index in [1.165, 1.54) is 6.07 Å². The van der Waals surface area contributed by atoms with Gasteiger partial charge in [0.05, 0.1) is 11.3 Å². The fourth-order valence-electron chi connectivity index (χ4n) is 4.00. The molecule has 0 saturated heterocycles. The van der Waals surface area contributed by atoms with Crippen LogP contribution in [0.2, 0.25) is 0 Å². The van der Waals surface area contributed by atoms with Crippen LogP contribution in [0.4, 0.5) is 10.6 Å². The van der Waals surface area contributed by atoms with Gasteiger partial charge in [-0.25, -0.2) is 13.2 Å². The zero-order valence-corrected chi connectivity index (χ0v) is 20.3. The van der Waals surface area contributed by atoms with E-state index < -0.39 is 15.9 Å². The summed E-state index contributed by atoms with van der Waals surface area (Å²) in [6, 6.07) is 6.80. The van der Waals surface area contributed by atoms with Crippen LogP contribution in [-0.2, 0) is 25.8 Å². The van der Waals surface area contributed by atoms with E-state index in [2.05, 4.69) is 20.8 Å². The van der Waals surface area contributed by atoms with Gasteiger partial charge in [-0.1, -0.05) is 24.6 Å². The molecule has 3 rings (SSSR count). The van der Waals surface area contributed by atoms with Crippen LogP contribution >= 0.6 is 0 Å². The van der Waals surface area contributed by atoms with E-state index in [-0.39, 0.29) is 35.3 Å². The molecule has 0 radical (unpaired) electrons. The van der Waals surface area contributed by atoms with Crippen LogP contribution in [0.15, 0.2) is 29.2 Å². The number of hydrogen-bond acceptors (Lipinski definition) is 6. The molecular weight excluding hydrogens is 444 g/mol. The predicted molar refractivity (Wildman–Crippen MR) is 125 cm³/mol. The van der Waals surface area contributed by atoms with Crippen LogP contribution in [0, 0.1) is 6.92 Å². The lowest BCUT2D eigenvalue weighted by Gasteiger charge is -2.16. The average Bonchev–Trinajstić information content (AvgIpc) is 3.36. The second kappa shape index (κ2) is 10.4. The van der Waals surface area contributed by atoms with Crippen LogP contribution < -0.4 is 10.6 Å². The molecule has 3 N–H and O–H groups in total. The molecule has 0 spiro atoms. The van der Waals surface area contributed by atoms with E-state index in [0.29, 0.717) is 17.8 Å². The summed E-state index contributed by atoms with van der Waals surface area (Å²) in [7, 11) is -3.44. The molecule has 1 aromatic heterocycles. The van der Waals surface area contributed by atoms with E-state index >= 15 is 0 Å². The quantitative estimate of drug-likeness (QED) is 0.535. The van der Waals surface area contributed by atoms with Crippen molar-refractivity contribution in [2.24, 2.45) is 0 Å². The van der Waals surface area contributed by atoms with Crippen LogP contribution in [0.5, 0.6) is 0 Å². The summed E-state index contributed by atoms with van der Waals surface area (Å²) in [4.78, 5) is 24.7. The molecule has 0 aliphatic heterocycles.